The molecule has 1 atom stereocenters. The molecule has 6 heteroatoms. The molecule has 0 radical (unpaired) electrons. The lowest BCUT2D eigenvalue weighted by molar-refractivity contribution is 0.112. The maximum atomic E-state index is 11.7. The fraction of sp³-hybridized carbons (Fsp3) is 0.485. The van der Waals surface area contributed by atoms with Crippen LogP contribution in [0.3, 0.4) is 0 Å². The van der Waals surface area contributed by atoms with Gasteiger partial charge in [-0.2, -0.15) is 0 Å². The average Bonchev–Trinajstić information content (AvgIpc) is 3.62. The van der Waals surface area contributed by atoms with E-state index in [1.54, 1.807) is 0 Å². The lowest BCUT2D eigenvalue weighted by atomic mass is 9.79. The molecule has 2 aliphatic carbocycles. The smallest absolute Gasteiger partial charge is 0.150 e. The molecule has 3 heterocycles. The molecule has 5 nitrogen and oxygen atoms in total. The predicted octanol–water partition coefficient (Wildman–Crippen LogP) is 9.56. The topological polar surface area (TPSA) is 60.9 Å². The molecule has 1 aromatic carbocycles. The van der Waals surface area contributed by atoms with Crippen molar-refractivity contribution in [3.63, 3.8) is 0 Å². The minimum absolute atomic E-state index is 0.432. The number of benzene rings is 1. The zero-order chi connectivity index (χ0) is 27.7. The first-order valence-electron chi connectivity index (χ1n) is 14.7. The number of rotatable bonds is 9. The van der Waals surface area contributed by atoms with Crippen LogP contribution in [0.5, 0.6) is 0 Å². The van der Waals surface area contributed by atoms with Crippen LogP contribution in [0.1, 0.15) is 99.1 Å². The Labute approximate surface area is 236 Å². The monoisotopic (exact) mass is 545 g/mol. The van der Waals surface area contributed by atoms with Gasteiger partial charge in [0.1, 0.15) is 17.7 Å². The molecule has 0 saturated heterocycles. The zero-order valence-electron chi connectivity index (χ0n) is 23.9. The second-order valence-electron chi connectivity index (χ2n) is 11.1. The van der Waals surface area contributed by atoms with E-state index in [1.807, 2.05) is 46.0 Å². The number of carbonyl (C=O) groups excluding carboxylic acids is 1. The molecule has 39 heavy (non-hydrogen) atoms. The molecule has 6 rings (SSSR count). The van der Waals surface area contributed by atoms with Gasteiger partial charge in [0.25, 0.3) is 0 Å². The maximum absolute atomic E-state index is 11.7. The number of halogens is 1. The number of aromatic nitrogens is 3. The Morgan fingerprint density at radius 3 is 2.49 bits per heavy atom. The highest BCUT2D eigenvalue weighted by molar-refractivity contribution is 6.34. The number of fused-ring (bicyclic) bond motifs is 1. The van der Waals surface area contributed by atoms with Crippen molar-refractivity contribution in [3.8, 4) is 22.3 Å². The van der Waals surface area contributed by atoms with Crippen LogP contribution in [-0.2, 0) is 6.42 Å². The van der Waals surface area contributed by atoms with Gasteiger partial charge in [0, 0.05) is 56.7 Å². The third kappa shape index (κ3) is 5.30. The second kappa shape index (κ2) is 11.7. The summed E-state index contributed by atoms with van der Waals surface area (Å²) in [6.07, 6.45) is 14.7. The molecule has 1 unspecified atom stereocenters. The Balaban J connectivity index is 0.00000151. The highest BCUT2D eigenvalue weighted by Gasteiger charge is 2.34. The molecular formula is C33H40ClN3O2. The Bertz CT molecular complexity index is 1460. The van der Waals surface area contributed by atoms with Crippen LogP contribution >= 0.6 is 11.6 Å². The molecule has 0 N–H and O–H groups in total. The van der Waals surface area contributed by atoms with Gasteiger partial charge in [-0.3, -0.25) is 4.79 Å². The molecule has 0 bridgehead atoms. The van der Waals surface area contributed by atoms with Gasteiger partial charge in [0.05, 0.1) is 5.69 Å². The molecular weight excluding hydrogens is 506 g/mol. The Morgan fingerprint density at radius 1 is 1.13 bits per heavy atom. The molecule has 2 aliphatic rings. The van der Waals surface area contributed by atoms with Crippen molar-refractivity contribution in [2.75, 3.05) is 0 Å². The van der Waals surface area contributed by atoms with Crippen molar-refractivity contribution in [2.45, 2.75) is 92.0 Å². The van der Waals surface area contributed by atoms with Crippen molar-refractivity contribution in [2.24, 2.45) is 11.8 Å². The van der Waals surface area contributed by atoms with Crippen LogP contribution < -0.4 is 0 Å². The minimum atomic E-state index is 0.432. The quantitative estimate of drug-likeness (QED) is 0.196. The molecule has 0 amide bonds. The van der Waals surface area contributed by atoms with Gasteiger partial charge >= 0.3 is 0 Å². The van der Waals surface area contributed by atoms with Crippen molar-refractivity contribution >= 4 is 28.9 Å². The first-order valence-corrected chi connectivity index (χ1v) is 15.1. The highest BCUT2D eigenvalue weighted by atomic mass is 35.5. The van der Waals surface area contributed by atoms with Crippen molar-refractivity contribution < 1.29 is 9.32 Å². The lowest BCUT2D eigenvalue weighted by Gasteiger charge is -2.26. The van der Waals surface area contributed by atoms with Crippen molar-refractivity contribution in [1.29, 1.82) is 0 Å². The summed E-state index contributed by atoms with van der Waals surface area (Å²) in [5.41, 5.74) is 7.82. The number of carbonyl (C=O) groups is 1. The standard InChI is InChI=1S/C31H34ClN3O2.C2H6/c1-4-6-28(22-9-10-22)35-16-26(25-14-24(15-33-31(25)35)29-18(2)34-37-19(29)3)30-23(11-20-7-5-8-20)12-21(17-36)13-27(30)32;1-2/h12-17,20,22,28H,4-11H2,1-3H3;1-2H3. The first-order chi connectivity index (χ1) is 19.0. The fourth-order valence-corrected chi connectivity index (χ4v) is 6.57. The van der Waals surface area contributed by atoms with Crippen LogP contribution in [0.25, 0.3) is 33.3 Å². The van der Waals surface area contributed by atoms with Gasteiger partial charge in [-0.1, -0.05) is 63.2 Å². The summed E-state index contributed by atoms with van der Waals surface area (Å²) in [5.74, 6) is 2.15. The molecule has 0 spiro atoms. The number of nitrogens with zero attached hydrogens (tertiary/aromatic N) is 3. The largest absolute Gasteiger partial charge is 0.361 e. The van der Waals surface area contributed by atoms with Gasteiger partial charge in [-0.25, -0.2) is 4.98 Å². The molecule has 2 fully saturated rings. The van der Waals surface area contributed by atoms with E-state index in [-0.39, 0.29) is 0 Å². The maximum Gasteiger partial charge on any atom is 0.150 e. The van der Waals surface area contributed by atoms with E-state index >= 15 is 0 Å². The second-order valence-corrected chi connectivity index (χ2v) is 11.5. The van der Waals surface area contributed by atoms with Crippen molar-refractivity contribution in [1.82, 2.24) is 14.7 Å². The molecule has 206 valence electrons. The van der Waals surface area contributed by atoms with E-state index in [2.05, 4.69) is 28.9 Å². The summed E-state index contributed by atoms with van der Waals surface area (Å²) in [6, 6.07) is 6.52. The summed E-state index contributed by atoms with van der Waals surface area (Å²) in [5, 5.41) is 5.91. The summed E-state index contributed by atoms with van der Waals surface area (Å²) in [6.45, 7) is 10.2. The number of hydrogen-bond acceptors (Lipinski definition) is 4. The van der Waals surface area contributed by atoms with E-state index in [4.69, 9.17) is 21.1 Å². The van der Waals surface area contributed by atoms with Gasteiger partial charge in [0.15, 0.2) is 0 Å². The van der Waals surface area contributed by atoms with E-state index in [1.165, 1.54) is 37.7 Å². The average molecular weight is 546 g/mol. The summed E-state index contributed by atoms with van der Waals surface area (Å²) >= 11 is 6.99. The van der Waals surface area contributed by atoms with Crippen LogP contribution in [0, 0.1) is 25.7 Å². The van der Waals surface area contributed by atoms with Gasteiger partial charge in [0.2, 0.25) is 0 Å². The molecule has 0 aliphatic heterocycles. The predicted molar refractivity (Wildman–Crippen MR) is 160 cm³/mol. The number of aryl methyl sites for hydroxylation is 2. The van der Waals surface area contributed by atoms with E-state index in [9.17, 15) is 4.79 Å². The van der Waals surface area contributed by atoms with E-state index in [0.29, 0.717) is 28.5 Å². The van der Waals surface area contributed by atoms with Crippen LogP contribution in [0.15, 0.2) is 35.1 Å². The normalized spacial score (nSPS) is 16.1. The Kier molecular flexibility index (Phi) is 8.27. The van der Waals surface area contributed by atoms with Crippen molar-refractivity contribution in [3.05, 3.63) is 58.2 Å². The van der Waals surface area contributed by atoms with Gasteiger partial charge in [-0.15, -0.1) is 0 Å². The Morgan fingerprint density at radius 2 is 1.90 bits per heavy atom. The zero-order valence-corrected chi connectivity index (χ0v) is 24.6. The third-order valence-electron chi connectivity index (χ3n) is 8.43. The van der Waals surface area contributed by atoms with Crippen LogP contribution in [0.2, 0.25) is 5.02 Å². The number of hydrogen-bond donors (Lipinski definition) is 0. The van der Waals surface area contributed by atoms with E-state index in [0.717, 1.165) is 70.3 Å². The van der Waals surface area contributed by atoms with Crippen LogP contribution in [0.4, 0.5) is 0 Å². The number of pyridine rings is 1. The first kappa shape index (κ1) is 27.6. The minimum Gasteiger partial charge on any atom is -0.361 e. The number of aldehydes is 1. The third-order valence-corrected chi connectivity index (χ3v) is 8.73. The SMILES string of the molecule is CC.CCCC(C1CC1)n1cc(-c2c(Cl)cc(C=O)cc2CC2CCC2)c2cc(-c3c(C)noc3C)cnc21. The van der Waals surface area contributed by atoms with Crippen LogP contribution in [-0.4, -0.2) is 21.0 Å². The molecule has 4 aromatic rings. The van der Waals surface area contributed by atoms with Gasteiger partial charge in [-0.05, 0) is 75.1 Å². The Hall–Kier alpha value is -2.92. The highest BCUT2D eigenvalue weighted by Crippen LogP contribution is 2.47. The molecule has 3 aromatic heterocycles. The lowest BCUT2D eigenvalue weighted by Crippen LogP contribution is -2.14. The van der Waals surface area contributed by atoms with E-state index < -0.39 is 0 Å². The fourth-order valence-electron chi connectivity index (χ4n) is 6.22. The summed E-state index contributed by atoms with van der Waals surface area (Å²) in [7, 11) is 0. The van der Waals surface area contributed by atoms with Gasteiger partial charge < -0.3 is 9.09 Å². The summed E-state index contributed by atoms with van der Waals surface area (Å²) in [4.78, 5) is 16.8. The molecule has 2 saturated carbocycles. The summed E-state index contributed by atoms with van der Waals surface area (Å²) < 4.78 is 7.90.